The van der Waals surface area contributed by atoms with Gasteiger partial charge in [0.2, 0.25) is 5.91 Å². The van der Waals surface area contributed by atoms with Crippen molar-refractivity contribution in [3.8, 4) is 5.69 Å². The van der Waals surface area contributed by atoms with Gasteiger partial charge in [-0.15, -0.1) is 11.8 Å². The molecule has 3 aromatic rings. The quantitative estimate of drug-likeness (QED) is 0.340. The number of thioether (sulfide) groups is 1. The van der Waals surface area contributed by atoms with Gasteiger partial charge in [-0.2, -0.15) is 5.10 Å². The summed E-state index contributed by atoms with van der Waals surface area (Å²) in [6.07, 6.45) is 1.67. The highest BCUT2D eigenvalue weighted by atomic mass is 35.5. The number of halogens is 1. The van der Waals surface area contributed by atoms with E-state index in [-0.39, 0.29) is 5.91 Å². The molecule has 0 radical (unpaired) electrons. The first-order chi connectivity index (χ1) is 13.5. The minimum absolute atomic E-state index is 0.137. The van der Waals surface area contributed by atoms with Gasteiger partial charge in [0.25, 0.3) is 0 Å². The molecule has 28 heavy (non-hydrogen) atoms. The van der Waals surface area contributed by atoms with E-state index in [1.165, 1.54) is 17.3 Å². The lowest BCUT2D eigenvalue weighted by Crippen LogP contribution is -2.19. The molecule has 6 heteroatoms. The van der Waals surface area contributed by atoms with Crippen molar-refractivity contribution in [1.82, 2.24) is 9.99 Å². The summed E-state index contributed by atoms with van der Waals surface area (Å²) < 4.78 is 2.08. The molecule has 0 unspecified atom stereocenters. The fraction of sp³-hybridized carbons (Fsp3) is 0.182. The van der Waals surface area contributed by atoms with Crippen LogP contribution in [0.5, 0.6) is 0 Å². The molecule has 1 aromatic heterocycles. The Labute approximate surface area is 174 Å². The molecule has 0 saturated heterocycles. The number of rotatable bonds is 6. The molecule has 0 atom stereocenters. The lowest BCUT2D eigenvalue weighted by atomic mass is 10.2. The molecule has 0 bridgehead atoms. The van der Waals surface area contributed by atoms with Crippen LogP contribution in [0.2, 0.25) is 5.02 Å². The average molecular weight is 412 g/mol. The van der Waals surface area contributed by atoms with Crippen molar-refractivity contribution in [2.75, 3.05) is 5.75 Å². The molecular formula is C22H22ClN3OS. The number of amides is 1. The summed E-state index contributed by atoms with van der Waals surface area (Å²) in [6, 6.07) is 17.8. The van der Waals surface area contributed by atoms with Crippen LogP contribution in [0.4, 0.5) is 0 Å². The van der Waals surface area contributed by atoms with Crippen LogP contribution in [0.25, 0.3) is 5.69 Å². The van der Waals surface area contributed by atoms with E-state index in [0.29, 0.717) is 10.8 Å². The number of nitrogens with zero attached hydrogens (tertiary/aromatic N) is 2. The molecule has 1 N–H and O–H groups in total. The van der Waals surface area contributed by atoms with Gasteiger partial charge in [-0.3, -0.25) is 4.79 Å². The van der Waals surface area contributed by atoms with E-state index in [4.69, 9.17) is 11.6 Å². The second-order valence-electron chi connectivity index (χ2n) is 6.51. The molecule has 0 fully saturated rings. The first kappa shape index (κ1) is 20.2. The van der Waals surface area contributed by atoms with Crippen molar-refractivity contribution < 1.29 is 4.79 Å². The van der Waals surface area contributed by atoms with Crippen LogP contribution >= 0.6 is 23.4 Å². The first-order valence-corrected chi connectivity index (χ1v) is 10.3. The van der Waals surface area contributed by atoms with Crippen LogP contribution < -0.4 is 5.43 Å². The highest BCUT2D eigenvalue weighted by Gasteiger charge is 2.11. The summed E-state index contributed by atoms with van der Waals surface area (Å²) in [7, 11) is 0. The molecule has 3 rings (SSSR count). The van der Waals surface area contributed by atoms with E-state index in [0.717, 1.165) is 27.5 Å². The predicted octanol–water partition coefficient (Wildman–Crippen LogP) is 5.30. The average Bonchev–Trinajstić information content (AvgIpc) is 2.95. The van der Waals surface area contributed by atoms with Gasteiger partial charge in [0.15, 0.2) is 0 Å². The number of hydrogen-bond donors (Lipinski definition) is 1. The summed E-state index contributed by atoms with van der Waals surface area (Å²) >= 11 is 7.83. The number of benzene rings is 2. The molecule has 0 spiro atoms. The molecule has 0 aliphatic carbocycles. The van der Waals surface area contributed by atoms with Crippen molar-refractivity contribution in [2.24, 2.45) is 5.10 Å². The van der Waals surface area contributed by atoms with Gasteiger partial charge in [-0.25, -0.2) is 5.43 Å². The number of hydrogen-bond acceptors (Lipinski definition) is 3. The van der Waals surface area contributed by atoms with Crippen LogP contribution in [0, 0.1) is 20.8 Å². The van der Waals surface area contributed by atoms with Crippen molar-refractivity contribution >= 4 is 35.5 Å². The number of aromatic nitrogens is 1. The predicted molar refractivity (Wildman–Crippen MR) is 118 cm³/mol. The minimum atomic E-state index is -0.137. The smallest absolute Gasteiger partial charge is 0.250 e. The van der Waals surface area contributed by atoms with Crippen LogP contribution in [0.3, 0.4) is 0 Å². The van der Waals surface area contributed by atoms with E-state index in [9.17, 15) is 4.79 Å². The van der Waals surface area contributed by atoms with Crippen LogP contribution in [-0.2, 0) is 4.79 Å². The van der Waals surface area contributed by atoms with Gasteiger partial charge in [0.1, 0.15) is 0 Å². The summed E-state index contributed by atoms with van der Waals surface area (Å²) in [4.78, 5) is 13.1. The summed E-state index contributed by atoms with van der Waals surface area (Å²) in [5, 5.41) is 4.80. The van der Waals surface area contributed by atoms with Crippen LogP contribution in [0.15, 0.2) is 64.6 Å². The molecule has 0 saturated carbocycles. The van der Waals surface area contributed by atoms with Gasteiger partial charge < -0.3 is 4.57 Å². The van der Waals surface area contributed by atoms with Gasteiger partial charge in [-0.1, -0.05) is 41.4 Å². The number of carbonyl (C=O) groups excluding carboxylic acids is 1. The zero-order valence-corrected chi connectivity index (χ0v) is 17.6. The Morgan fingerprint density at radius 1 is 1.14 bits per heavy atom. The topological polar surface area (TPSA) is 46.4 Å². The Kier molecular flexibility index (Phi) is 6.60. The standard InChI is InChI=1S/C22H22ClN3OS/c1-15-8-10-19(11-9-15)28-14-22(27)25-24-13-18-12-16(2)26(17(18)3)21-7-5-4-6-20(21)23/h4-13H,14H2,1-3H3,(H,25,27)/b24-13-. The summed E-state index contributed by atoms with van der Waals surface area (Å²) in [6.45, 7) is 6.07. The lowest BCUT2D eigenvalue weighted by Gasteiger charge is -2.11. The lowest BCUT2D eigenvalue weighted by molar-refractivity contribution is -0.118. The Hall–Kier alpha value is -2.50. The van der Waals surface area contributed by atoms with Gasteiger partial charge in [0, 0.05) is 21.8 Å². The van der Waals surface area contributed by atoms with E-state index in [2.05, 4.69) is 15.1 Å². The molecule has 4 nitrogen and oxygen atoms in total. The maximum Gasteiger partial charge on any atom is 0.250 e. The van der Waals surface area contributed by atoms with Crippen molar-refractivity contribution in [3.05, 3.63) is 82.1 Å². The summed E-state index contributed by atoms with van der Waals surface area (Å²) in [5.74, 6) is 0.181. The largest absolute Gasteiger partial charge is 0.316 e. The minimum Gasteiger partial charge on any atom is -0.316 e. The molecular weight excluding hydrogens is 390 g/mol. The van der Waals surface area contributed by atoms with Crippen LogP contribution in [0.1, 0.15) is 22.5 Å². The highest BCUT2D eigenvalue weighted by molar-refractivity contribution is 8.00. The zero-order valence-electron chi connectivity index (χ0n) is 16.1. The van der Waals surface area contributed by atoms with Crippen molar-refractivity contribution in [2.45, 2.75) is 25.7 Å². The molecule has 2 aromatic carbocycles. The molecule has 1 heterocycles. The number of aryl methyl sites for hydroxylation is 2. The van der Waals surface area contributed by atoms with Gasteiger partial charge in [0.05, 0.1) is 22.7 Å². The maximum absolute atomic E-state index is 12.0. The Morgan fingerprint density at radius 3 is 2.57 bits per heavy atom. The zero-order chi connectivity index (χ0) is 20.1. The Morgan fingerprint density at radius 2 is 1.86 bits per heavy atom. The molecule has 0 aliphatic heterocycles. The van der Waals surface area contributed by atoms with Crippen molar-refractivity contribution in [3.63, 3.8) is 0 Å². The normalized spacial score (nSPS) is 11.1. The summed E-state index contributed by atoms with van der Waals surface area (Å²) in [5.41, 5.74) is 7.72. The molecule has 0 aliphatic rings. The highest BCUT2D eigenvalue weighted by Crippen LogP contribution is 2.25. The fourth-order valence-electron chi connectivity index (χ4n) is 2.91. The third kappa shape index (κ3) is 4.86. The Bertz CT molecular complexity index is 1010. The molecule has 1 amide bonds. The number of hydrazone groups is 1. The third-order valence-electron chi connectivity index (χ3n) is 4.35. The number of carbonyl (C=O) groups is 1. The van der Waals surface area contributed by atoms with E-state index in [1.54, 1.807) is 6.21 Å². The monoisotopic (exact) mass is 411 g/mol. The fourth-order valence-corrected chi connectivity index (χ4v) is 3.82. The van der Waals surface area contributed by atoms with E-state index >= 15 is 0 Å². The number of nitrogens with one attached hydrogen (secondary N) is 1. The third-order valence-corrected chi connectivity index (χ3v) is 5.68. The van der Waals surface area contributed by atoms with Gasteiger partial charge in [-0.05, 0) is 51.1 Å². The van der Waals surface area contributed by atoms with Crippen LogP contribution in [-0.4, -0.2) is 22.4 Å². The second-order valence-corrected chi connectivity index (χ2v) is 7.96. The van der Waals surface area contributed by atoms with E-state index in [1.807, 2.05) is 75.4 Å². The second kappa shape index (κ2) is 9.13. The van der Waals surface area contributed by atoms with Gasteiger partial charge >= 0.3 is 0 Å². The maximum atomic E-state index is 12.0. The SMILES string of the molecule is Cc1ccc(SCC(=O)N/N=C\c2cc(C)n(-c3ccccc3Cl)c2C)cc1. The number of para-hydroxylation sites is 1. The molecule has 144 valence electrons. The Balaban J connectivity index is 1.63. The van der Waals surface area contributed by atoms with Crippen molar-refractivity contribution in [1.29, 1.82) is 0 Å². The van der Waals surface area contributed by atoms with E-state index < -0.39 is 0 Å². The first-order valence-electron chi connectivity index (χ1n) is 8.91.